The molecule has 1 aromatic rings. The Bertz CT molecular complexity index is 429. The topological polar surface area (TPSA) is 64.3 Å². The molecule has 5 heteroatoms. The number of nitrogens with one attached hydrogen (secondary N) is 1. The maximum absolute atomic E-state index is 12.1. The van der Waals surface area contributed by atoms with Crippen LogP contribution in [-0.4, -0.2) is 19.1 Å². The van der Waals surface area contributed by atoms with Gasteiger partial charge in [0.1, 0.15) is 12.4 Å². The number of anilines is 1. The van der Waals surface area contributed by atoms with E-state index in [1.54, 1.807) is 0 Å². The number of ether oxygens (including phenoxy) is 1. The lowest BCUT2D eigenvalue weighted by atomic mass is 9.96. The largest absolute Gasteiger partial charge is 0.492 e. The van der Waals surface area contributed by atoms with Crippen molar-refractivity contribution >= 4 is 24.0 Å². The first-order valence-corrected chi connectivity index (χ1v) is 8.00. The Morgan fingerprint density at radius 3 is 2.36 bits per heavy atom. The standard InChI is InChI=1S/C17H26N2O2.ClH/c18-11-12-21-16-9-7-15(8-10-16)19-17(20)13-14-5-3-1-2-4-6-14;/h7-10,14H,1-6,11-13,18H2,(H,19,20);1H. The van der Waals surface area contributed by atoms with Crippen LogP contribution in [0.4, 0.5) is 5.69 Å². The molecule has 0 bridgehead atoms. The fraction of sp³-hybridized carbons (Fsp3) is 0.588. The maximum atomic E-state index is 12.1. The molecule has 0 unspecified atom stereocenters. The molecular weight excluding hydrogens is 300 g/mol. The summed E-state index contributed by atoms with van der Waals surface area (Å²) in [7, 11) is 0. The second kappa shape index (κ2) is 10.5. The molecule has 1 aliphatic rings. The minimum Gasteiger partial charge on any atom is -0.492 e. The molecule has 124 valence electrons. The van der Waals surface area contributed by atoms with Crippen molar-refractivity contribution in [3.8, 4) is 5.75 Å². The van der Waals surface area contributed by atoms with E-state index in [0.717, 1.165) is 11.4 Å². The number of halogens is 1. The van der Waals surface area contributed by atoms with Gasteiger partial charge >= 0.3 is 0 Å². The first-order chi connectivity index (χ1) is 10.3. The van der Waals surface area contributed by atoms with Crippen LogP contribution in [0.5, 0.6) is 5.75 Å². The highest BCUT2D eigenvalue weighted by atomic mass is 35.5. The van der Waals surface area contributed by atoms with Crippen LogP contribution in [0.25, 0.3) is 0 Å². The fourth-order valence-corrected chi connectivity index (χ4v) is 2.85. The number of rotatable bonds is 6. The van der Waals surface area contributed by atoms with Gasteiger partial charge in [0.15, 0.2) is 0 Å². The lowest BCUT2D eigenvalue weighted by Crippen LogP contribution is -2.16. The van der Waals surface area contributed by atoms with E-state index in [-0.39, 0.29) is 18.3 Å². The van der Waals surface area contributed by atoms with Gasteiger partial charge in [-0.15, -0.1) is 12.4 Å². The number of amides is 1. The monoisotopic (exact) mass is 326 g/mol. The fourth-order valence-electron chi connectivity index (χ4n) is 2.85. The van der Waals surface area contributed by atoms with Crippen molar-refractivity contribution in [2.75, 3.05) is 18.5 Å². The summed E-state index contributed by atoms with van der Waals surface area (Å²) in [6.45, 7) is 1.01. The summed E-state index contributed by atoms with van der Waals surface area (Å²) in [6, 6.07) is 7.46. The average Bonchev–Trinajstić information content (AvgIpc) is 2.75. The molecule has 3 N–H and O–H groups in total. The Kier molecular flexibility index (Phi) is 8.94. The first-order valence-electron chi connectivity index (χ1n) is 8.00. The Labute approximate surface area is 139 Å². The van der Waals surface area contributed by atoms with E-state index >= 15 is 0 Å². The summed E-state index contributed by atoms with van der Waals surface area (Å²) < 4.78 is 5.41. The van der Waals surface area contributed by atoms with Crippen molar-refractivity contribution in [2.24, 2.45) is 11.7 Å². The maximum Gasteiger partial charge on any atom is 0.224 e. The van der Waals surface area contributed by atoms with Gasteiger partial charge in [-0.3, -0.25) is 4.79 Å². The molecule has 1 aliphatic carbocycles. The zero-order valence-electron chi connectivity index (χ0n) is 13.1. The second-order valence-electron chi connectivity index (χ2n) is 5.77. The Morgan fingerprint density at radius 2 is 1.77 bits per heavy atom. The molecule has 4 nitrogen and oxygen atoms in total. The Balaban J connectivity index is 0.00000242. The molecule has 0 radical (unpaired) electrons. The van der Waals surface area contributed by atoms with Crippen molar-refractivity contribution in [2.45, 2.75) is 44.9 Å². The molecule has 1 amide bonds. The molecule has 0 saturated heterocycles. The SMILES string of the molecule is Cl.NCCOc1ccc(NC(=O)CC2CCCCCC2)cc1. The van der Waals surface area contributed by atoms with Crippen LogP contribution in [0.3, 0.4) is 0 Å². The van der Waals surface area contributed by atoms with Crippen LogP contribution in [0.1, 0.15) is 44.9 Å². The molecule has 0 heterocycles. The van der Waals surface area contributed by atoms with Gasteiger partial charge in [0.2, 0.25) is 5.91 Å². The van der Waals surface area contributed by atoms with E-state index in [1.165, 1.54) is 38.5 Å². The Hall–Kier alpha value is -1.26. The number of carbonyl (C=O) groups is 1. The van der Waals surface area contributed by atoms with E-state index in [4.69, 9.17) is 10.5 Å². The highest BCUT2D eigenvalue weighted by molar-refractivity contribution is 5.90. The highest BCUT2D eigenvalue weighted by Gasteiger charge is 2.16. The molecule has 22 heavy (non-hydrogen) atoms. The van der Waals surface area contributed by atoms with Crippen molar-refractivity contribution < 1.29 is 9.53 Å². The zero-order chi connectivity index (χ0) is 14.9. The molecule has 0 atom stereocenters. The highest BCUT2D eigenvalue weighted by Crippen LogP contribution is 2.26. The van der Waals surface area contributed by atoms with Gasteiger partial charge in [-0.05, 0) is 43.0 Å². The molecular formula is C17H27ClN2O2. The van der Waals surface area contributed by atoms with E-state index in [9.17, 15) is 4.79 Å². The summed E-state index contributed by atoms with van der Waals surface area (Å²) in [6.07, 6.45) is 8.21. The predicted molar refractivity (Wildman–Crippen MR) is 92.7 cm³/mol. The van der Waals surface area contributed by atoms with Crippen LogP contribution in [0, 0.1) is 5.92 Å². The summed E-state index contributed by atoms with van der Waals surface area (Å²) in [4.78, 5) is 12.1. The van der Waals surface area contributed by atoms with Crippen LogP contribution in [0.2, 0.25) is 0 Å². The van der Waals surface area contributed by atoms with Crippen LogP contribution >= 0.6 is 12.4 Å². The minimum atomic E-state index is 0. The van der Waals surface area contributed by atoms with Gasteiger partial charge in [-0.1, -0.05) is 25.7 Å². The van der Waals surface area contributed by atoms with Crippen molar-refractivity contribution in [1.29, 1.82) is 0 Å². The van der Waals surface area contributed by atoms with E-state index < -0.39 is 0 Å². The van der Waals surface area contributed by atoms with Crippen molar-refractivity contribution in [1.82, 2.24) is 0 Å². The molecule has 1 aromatic carbocycles. The van der Waals surface area contributed by atoms with Gasteiger partial charge in [-0.25, -0.2) is 0 Å². The number of hydrogen-bond acceptors (Lipinski definition) is 3. The van der Waals surface area contributed by atoms with Crippen LogP contribution < -0.4 is 15.8 Å². The van der Waals surface area contributed by atoms with Crippen LogP contribution in [0.15, 0.2) is 24.3 Å². The molecule has 1 fully saturated rings. The minimum absolute atomic E-state index is 0. The van der Waals surface area contributed by atoms with Crippen molar-refractivity contribution in [3.05, 3.63) is 24.3 Å². The lowest BCUT2D eigenvalue weighted by Gasteiger charge is -2.14. The third-order valence-electron chi connectivity index (χ3n) is 3.97. The smallest absolute Gasteiger partial charge is 0.224 e. The number of nitrogens with two attached hydrogens (primary N) is 1. The molecule has 0 spiro atoms. The third-order valence-corrected chi connectivity index (χ3v) is 3.97. The molecule has 2 rings (SSSR count). The summed E-state index contributed by atoms with van der Waals surface area (Å²) >= 11 is 0. The zero-order valence-corrected chi connectivity index (χ0v) is 13.9. The predicted octanol–water partition coefficient (Wildman–Crippen LogP) is 3.74. The van der Waals surface area contributed by atoms with Crippen LogP contribution in [-0.2, 0) is 4.79 Å². The molecule has 1 saturated carbocycles. The Morgan fingerprint density at radius 1 is 1.14 bits per heavy atom. The second-order valence-corrected chi connectivity index (χ2v) is 5.77. The number of carbonyl (C=O) groups excluding carboxylic acids is 1. The van der Waals surface area contributed by atoms with E-state index in [1.807, 2.05) is 24.3 Å². The average molecular weight is 327 g/mol. The van der Waals surface area contributed by atoms with Gasteiger partial charge in [-0.2, -0.15) is 0 Å². The lowest BCUT2D eigenvalue weighted by molar-refractivity contribution is -0.117. The molecule has 0 aliphatic heterocycles. The normalized spacial score (nSPS) is 15.5. The third kappa shape index (κ3) is 6.67. The summed E-state index contributed by atoms with van der Waals surface area (Å²) in [5.74, 6) is 1.46. The van der Waals surface area contributed by atoms with Crippen molar-refractivity contribution in [3.63, 3.8) is 0 Å². The first kappa shape index (κ1) is 18.8. The van der Waals surface area contributed by atoms with Gasteiger partial charge in [0.25, 0.3) is 0 Å². The van der Waals surface area contributed by atoms with Gasteiger partial charge in [0.05, 0.1) is 0 Å². The summed E-state index contributed by atoms with van der Waals surface area (Å²) in [5, 5.41) is 2.97. The van der Waals surface area contributed by atoms with Gasteiger partial charge < -0.3 is 15.8 Å². The number of benzene rings is 1. The molecule has 0 aromatic heterocycles. The number of hydrogen-bond donors (Lipinski definition) is 2. The van der Waals surface area contributed by atoms with E-state index in [0.29, 0.717) is 25.5 Å². The van der Waals surface area contributed by atoms with Gasteiger partial charge in [0, 0.05) is 18.7 Å². The van der Waals surface area contributed by atoms with E-state index in [2.05, 4.69) is 5.32 Å². The summed E-state index contributed by atoms with van der Waals surface area (Å²) in [5.41, 5.74) is 6.22. The quantitative estimate of drug-likeness (QED) is 0.783.